The van der Waals surface area contributed by atoms with Gasteiger partial charge in [0, 0.05) is 23.9 Å². The highest BCUT2D eigenvalue weighted by Gasteiger charge is 2.12. The second-order valence-corrected chi connectivity index (χ2v) is 7.05. The van der Waals surface area contributed by atoms with Gasteiger partial charge in [0.1, 0.15) is 21.4 Å². The number of hydrogen-bond acceptors (Lipinski definition) is 4. The fraction of sp³-hybridized carbons (Fsp3) is 0.571. The van der Waals surface area contributed by atoms with Crippen molar-refractivity contribution in [3.8, 4) is 5.75 Å². The zero-order chi connectivity index (χ0) is 15.2. The summed E-state index contributed by atoms with van der Waals surface area (Å²) in [4.78, 5) is 0. The summed E-state index contributed by atoms with van der Waals surface area (Å²) in [5.74, 6) is 0.169. The molecule has 0 saturated carbocycles. The third-order valence-corrected chi connectivity index (χ3v) is 3.90. The highest BCUT2D eigenvalue weighted by atomic mass is 32.2. The summed E-state index contributed by atoms with van der Waals surface area (Å²) in [5.41, 5.74) is 0.868. The van der Waals surface area contributed by atoms with E-state index in [0.717, 1.165) is 12.1 Å². The van der Waals surface area contributed by atoms with Crippen LogP contribution in [0.2, 0.25) is 0 Å². The minimum Gasteiger partial charge on any atom is -0.493 e. The minimum absolute atomic E-state index is 0.0468. The van der Waals surface area contributed by atoms with Crippen LogP contribution in [-0.2, 0) is 9.84 Å². The molecule has 0 bridgehead atoms. The van der Waals surface area contributed by atoms with Gasteiger partial charge in [0.25, 0.3) is 0 Å². The van der Waals surface area contributed by atoms with Crippen molar-refractivity contribution in [3.63, 3.8) is 0 Å². The van der Waals surface area contributed by atoms with Gasteiger partial charge in [-0.25, -0.2) is 12.8 Å². The highest BCUT2D eigenvalue weighted by molar-refractivity contribution is 7.90. The first kappa shape index (κ1) is 16.9. The largest absolute Gasteiger partial charge is 0.493 e. The van der Waals surface area contributed by atoms with Crippen molar-refractivity contribution in [2.24, 2.45) is 0 Å². The molecule has 0 aliphatic carbocycles. The molecule has 0 heterocycles. The molecule has 1 unspecified atom stereocenters. The molecule has 1 atom stereocenters. The lowest BCUT2D eigenvalue weighted by molar-refractivity contribution is 0.309. The second kappa shape index (κ2) is 7.59. The zero-order valence-electron chi connectivity index (χ0n) is 12.1. The molecule has 114 valence electrons. The second-order valence-electron chi connectivity index (χ2n) is 4.79. The number of ether oxygens (including phenoxy) is 1. The molecule has 0 spiro atoms. The van der Waals surface area contributed by atoms with Crippen LogP contribution in [-0.4, -0.2) is 33.6 Å². The summed E-state index contributed by atoms with van der Waals surface area (Å²) in [6.45, 7) is 5.02. The molecule has 0 fully saturated rings. The third-order valence-electron chi connectivity index (χ3n) is 2.87. The molecule has 0 saturated heterocycles. The molecule has 1 rings (SSSR count). The van der Waals surface area contributed by atoms with Gasteiger partial charge in [0.05, 0.1) is 12.4 Å². The van der Waals surface area contributed by atoms with Crippen LogP contribution in [0.1, 0.15) is 31.9 Å². The van der Waals surface area contributed by atoms with E-state index in [1.807, 2.05) is 13.8 Å². The van der Waals surface area contributed by atoms with Gasteiger partial charge < -0.3 is 10.1 Å². The van der Waals surface area contributed by atoms with Crippen LogP contribution in [0.25, 0.3) is 0 Å². The SMILES string of the molecule is CCNC(C)c1ccc(F)cc1OCCCS(C)(=O)=O. The van der Waals surface area contributed by atoms with Gasteiger partial charge in [-0.1, -0.05) is 13.0 Å². The van der Waals surface area contributed by atoms with E-state index in [0.29, 0.717) is 12.2 Å². The Hall–Kier alpha value is -1.14. The number of rotatable bonds is 8. The normalized spacial score (nSPS) is 13.2. The van der Waals surface area contributed by atoms with Crippen LogP contribution in [0, 0.1) is 5.82 Å². The summed E-state index contributed by atoms with van der Waals surface area (Å²) in [5, 5.41) is 3.24. The lowest BCUT2D eigenvalue weighted by Crippen LogP contribution is -2.19. The standard InChI is InChI=1S/C14H22FNO3S/c1-4-16-11(2)13-7-6-12(15)10-14(13)19-8-5-9-20(3,17)18/h6-7,10-11,16H,4-5,8-9H2,1-3H3. The van der Waals surface area contributed by atoms with Crippen LogP contribution < -0.4 is 10.1 Å². The maximum Gasteiger partial charge on any atom is 0.147 e. The van der Waals surface area contributed by atoms with E-state index in [1.165, 1.54) is 18.4 Å². The Bertz CT molecular complexity index is 531. The predicted molar refractivity (Wildman–Crippen MR) is 78.3 cm³/mol. The Morgan fingerprint density at radius 3 is 2.70 bits per heavy atom. The summed E-state index contributed by atoms with van der Waals surface area (Å²) < 4.78 is 40.9. The van der Waals surface area contributed by atoms with E-state index in [4.69, 9.17) is 4.74 Å². The van der Waals surface area contributed by atoms with Crippen molar-refractivity contribution in [3.05, 3.63) is 29.6 Å². The average molecular weight is 303 g/mol. The van der Waals surface area contributed by atoms with E-state index >= 15 is 0 Å². The van der Waals surface area contributed by atoms with E-state index < -0.39 is 9.84 Å². The van der Waals surface area contributed by atoms with Gasteiger partial charge in [-0.2, -0.15) is 0 Å². The topological polar surface area (TPSA) is 55.4 Å². The maximum atomic E-state index is 13.3. The Morgan fingerprint density at radius 1 is 1.40 bits per heavy atom. The van der Waals surface area contributed by atoms with Gasteiger partial charge in [-0.15, -0.1) is 0 Å². The molecule has 0 aliphatic heterocycles. The maximum absolute atomic E-state index is 13.3. The quantitative estimate of drug-likeness (QED) is 0.749. The predicted octanol–water partition coefficient (Wildman–Crippen LogP) is 2.31. The van der Waals surface area contributed by atoms with Gasteiger partial charge >= 0.3 is 0 Å². The number of nitrogens with one attached hydrogen (secondary N) is 1. The van der Waals surface area contributed by atoms with E-state index in [2.05, 4.69) is 5.32 Å². The fourth-order valence-electron chi connectivity index (χ4n) is 1.91. The number of benzene rings is 1. The molecule has 20 heavy (non-hydrogen) atoms. The Morgan fingerprint density at radius 2 is 2.10 bits per heavy atom. The third kappa shape index (κ3) is 5.88. The molecule has 1 aromatic carbocycles. The Kier molecular flexibility index (Phi) is 6.42. The number of sulfone groups is 1. The van der Waals surface area contributed by atoms with Crippen LogP contribution in [0.3, 0.4) is 0 Å². The van der Waals surface area contributed by atoms with Crippen molar-refractivity contribution >= 4 is 9.84 Å². The lowest BCUT2D eigenvalue weighted by atomic mass is 10.1. The number of halogens is 1. The first-order chi connectivity index (χ1) is 9.33. The molecule has 4 nitrogen and oxygen atoms in total. The first-order valence-corrected chi connectivity index (χ1v) is 8.73. The highest BCUT2D eigenvalue weighted by Crippen LogP contribution is 2.26. The van der Waals surface area contributed by atoms with Crippen LogP contribution >= 0.6 is 0 Å². The lowest BCUT2D eigenvalue weighted by Gasteiger charge is -2.17. The molecule has 1 aromatic rings. The van der Waals surface area contributed by atoms with Gasteiger partial charge in [-0.05, 0) is 26.0 Å². The van der Waals surface area contributed by atoms with Crippen LogP contribution in [0.5, 0.6) is 5.75 Å². The molecular weight excluding hydrogens is 281 g/mol. The minimum atomic E-state index is -2.99. The summed E-state index contributed by atoms with van der Waals surface area (Å²) in [6.07, 6.45) is 1.58. The first-order valence-electron chi connectivity index (χ1n) is 6.67. The molecular formula is C14H22FNO3S. The molecule has 0 aromatic heterocycles. The van der Waals surface area contributed by atoms with Gasteiger partial charge in [0.2, 0.25) is 0 Å². The number of hydrogen-bond donors (Lipinski definition) is 1. The smallest absolute Gasteiger partial charge is 0.147 e. The van der Waals surface area contributed by atoms with Crippen molar-refractivity contribution in [2.45, 2.75) is 26.3 Å². The molecule has 0 amide bonds. The van der Waals surface area contributed by atoms with Crippen LogP contribution in [0.15, 0.2) is 18.2 Å². The van der Waals surface area contributed by atoms with E-state index in [9.17, 15) is 12.8 Å². The van der Waals surface area contributed by atoms with Gasteiger partial charge in [-0.3, -0.25) is 0 Å². The summed E-state index contributed by atoms with van der Waals surface area (Å²) >= 11 is 0. The van der Waals surface area contributed by atoms with Crippen molar-refractivity contribution < 1.29 is 17.5 Å². The van der Waals surface area contributed by atoms with Crippen LogP contribution in [0.4, 0.5) is 4.39 Å². The Balaban J connectivity index is 2.69. The van der Waals surface area contributed by atoms with Crippen molar-refractivity contribution in [2.75, 3.05) is 25.2 Å². The zero-order valence-corrected chi connectivity index (χ0v) is 13.0. The summed E-state index contributed by atoms with van der Waals surface area (Å²) in [7, 11) is -2.99. The average Bonchev–Trinajstić information content (AvgIpc) is 2.34. The van der Waals surface area contributed by atoms with Gasteiger partial charge in [0.15, 0.2) is 0 Å². The van der Waals surface area contributed by atoms with E-state index in [-0.39, 0.29) is 24.2 Å². The molecule has 1 N–H and O–H groups in total. The Labute approximate surface area is 120 Å². The monoisotopic (exact) mass is 303 g/mol. The fourth-order valence-corrected chi connectivity index (χ4v) is 2.55. The summed E-state index contributed by atoms with van der Waals surface area (Å²) in [6, 6.07) is 4.47. The molecule has 6 heteroatoms. The van der Waals surface area contributed by atoms with Crippen molar-refractivity contribution in [1.29, 1.82) is 0 Å². The molecule has 0 aliphatic rings. The van der Waals surface area contributed by atoms with E-state index in [1.54, 1.807) is 6.07 Å². The van der Waals surface area contributed by atoms with Crippen molar-refractivity contribution in [1.82, 2.24) is 5.32 Å². The molecule has 0 radical (unpaired) electrons.